The summed E-state index contributed by atoms with van der Waals surface area (Å²) in [6, 6.07) is 10.9. The highest BCUT2D eigenvalue weighted by Gasteiger charge is 2.19. The van der Waals surface area contributed by atoms with Crippen LogP contribution in [0.4, 0.5) is 5.69 Å². The molecular weight excluding hydrogens is 326 g/mol. The second-order valence-electron chi connectivity index (χ2n) is 5.39. The minimum absolute atomic E-state index is 0.0265. The molecule has 0 unspecified atom stereocenters. The first-order valence-electron chi connectivity index (χ1n) is 7.44. The topological polar surface area (TPSA) is 70.7 Å². The van der Waals surface area contributed by atoms with Gasteiger partial charge in [0.25, 0.3) is 0 Å². The molecule has 2 aromatic rings. The zero-order valence-corrected chi connectivity index (χ0v) is 14.7. The number of anilines is 1. The zero-order chi connectivity index (χ0) is 17.5. The number of methoxy groups -OCH3 is 1. The first-order chi connectivity index (χ1) is 11.5. The molecule has 1 aromatic carbocycles. The first kappa shape index (κ1) is 18.0. The van der Waals surface area contributed by atoms with Gasteiger partial charge in [-0.25, -0.2) is 0 Å². The Bertz CT molecular complexity index is 686. The Morgan fingerprint density at radius 1 is 1.21 bits per heavy atom. The lowest BCUT2D eigenvalue weighted by atomic mass is 10.2. The van der Waals surface area contributed by atoms with E-state index < -0.39 is 11.8 Å². The van der Waals surface area contributed by atoms with Crippen LogP contribution in [0, 0.1) is 0 Å². The summed E-state index contributed by atoms with van der Waals surface area (Å²) in [7, 11) is 5.42. The SMILES string of the molecule is COc1cccc(NC(=O)C(=O)NC[C@@H](c2cccs2)N(C)C)c1. The molecule has 7 heteroatoms. The number of amides is 2. The summed E-state index contributed by atoms with van der Waals surface area (Å²) >= 11 is 1.62. The number of carbonyl (C=O) groups is 2. The fourth-order valence-electron chi connectivity index (χ4n) is 2.18. The van der Waals surface area contributed by atoms with Crippen molar-refractivity contribution in [1.29, 1.82) is 0 Å². The molecule has 0 radical (unpaired) electrons. The molecule has 1 aromatic heterocycles. The molecule has 0 aliphatic carbocycles. The van der Waals surface area contributed by atoms with E-state index in [-0.39, 0.29) is 6.04 Å². The molecule has 1 heterocycles. The molecule has 0 bridgehead atoms. The number of hydrogen-bond acceptors (Lipinski definition) is 5. The summed E-state index contributed by atoms with van der Waals surface area (Å²) < 4.78 is 5.09. The standard InChI is InChI=1S/C17H21N3O3S/c1-20(2)14(15-8-5-9-24-15)11-18-16(21)17(22)19-12-6-4-7-13(10-12)23-3/h4-10,14H,11H2,1-3H3,(H,18,21)(H,19,22)/t14-/m0/s1. The average Bonchev–Trinajstić information content (AvgIpc) is 3.08. The third-order valence-corrected chi connectivity index (χ3v) is 4.46. The van der Waals surface area contributed by atoms with Crippen LogP contribution < -0.4 is 15.4 Å². The van der Waals surface area contributed by atoms with Gasteiger partial charge in [-0.2, -0.15) is 0 Å². The predicted molar refractivity (Wildman–Crippen MR) is 95.4 cm³/mol. The third-order valence-electron chi connectivity index (χ3n) is 3.48. The van der Waals surface area contributed by atoms with Crippen molar-refractivity contribution in [2.24, 2.45) is 0 Å². The Labute approximate surface area is 145 Å². The zero-order valence-electron chi connectivity index (χ0n) is 13.9. The molecule has 0 aliphatic rings. The van der Waals surface area contributed by atoms with E-state index in [1.54, 1.807) is 42.7 Å². The molecule has 0 spiro atoms. The van der Waals surface area contributed by atoms with Crippen LogP contribution in [-0.2, 0) is 9.59 Å². The number of benzene rings is 1. The van der Waals surface area contributed by atoms with Crippen molar-refractivity contribution in [3.63, 3.8) is 0 Å². The first-order valence-corrected chi connectivity index (χ1v) is 8.32. The number of rotatable bonds is 6. The van der Waals surface area contributed by atoms with Crippen LogP contribution in [0.15, 0.2) is 41.8 Å². The average molecular weight is 347 g/mol. The lowest BCUT2D eigenvalue weighted by Crippen LogP contribution is -2.40. The highest BCUT2D eigenvalue weighted by atomic mass is 32.1. The van der Waals surface area contributed by atoms with E-state index in [4.69, 9.17) is 4.74 Å². The van der Waals surface area contributed by atoms with Gasteiger partial charge in [0.05, 0.1) is 13.2 Å². The second kappa shape index (κ2) is 8.47. The van der Waals surface area contributed by atoms with E-state index in [9.17, 15) is 9.59 Å². The lowest BCUT2D eigenvalue weighted by molar-refractivity contribution is -0.136. The number of nitrogens with one attached hydrogen (secondary N) is 2. The van der Waals surface area contributed by atoms with Crippen molar-refractivity contribution in [2.75, 3.05) is 33.1 Å². The van der Waals surface area contributed by atoms with E-state index in [0.29, 0.717) is 18.0 Å². The van der Waals surface area contributed by atoms with E-state index in [0.717, 1.165) is 4.88 Å². The largest absolute Gasteiger partial charge is 0.497 e. The van der Waals surface area contributed by atoms with Gasteiger partial charge in [0.15, 0.2) is 0 Å². The molecule has 6 nitrogen and oxygen atoms in total. The van der Waals surface area contributed by atoms with Gasteiger partial charge in [-0.1, -0.05) is 12.1 Å². The summed E-state index contributed by atoms with van der Waals surface area (Å²) in [5.41, 5.74) is 0.511. The molecule has 0 aliphatic heterocycles. The fourth-order valence-corrected chi connectivity index (χ4v) is 3.10. The molecule has 24 heavy (non-hydrogen) atoms. The molecular formula is C17H21N3O3S. The Morgan fingerprint density at radius 3 is 2.62 bits per heavy atom. The highest BCUT2D eigenvalue weighted by Crippen LogP contribution is 2.22. The van der Waals surface area contributed by atoms with Gasteiger partial charge in [0.1, 0.15) is 5.75 Å². The highest BCUT2D eigenvalue weighted by molar-refractivity contribution is 7.10. The summed E-state index contributed by atoms with van der Waals surface area (Å²) in [4.78, 5) is 27.2. The van der Waals surface area contributed by atoms with Gasteiger partial charge in [-0.3, -0.25) is 9.59 Å². The van der Waals surface area contributed by atoms with Crippen LogP contribution >= 0.6 is 11.3 Å². The minimum Gasteiger partial charge on any atom is -0.497 e. The second-order valence-corrected chi connectivity index (χ2v) is 6.37. The van der Waals surface area contributed by atoms with Gasteiger partial charge in [-0.05, 0) is 37.7 Å². The number of nitrogens with zero attached hydrogens (tertiary/aromatic N) is 1. The van der Waals surface area contributed by atoms with Crippen molar-refractivity contribution in [1.82, 2.24) is 10.2 Å². The quantitative estimate of drug-likeness (QED) is 0.785. The van der Waals surface area contributed by atoms with Crippen molar-refractivity contribution in [2.45, 2.75) is 6.04 Å². The van der Waals surface area contributed by atoms with Gasteiger partial charge in [0.2, 0.25) is 0 Å². The molecule has 2 amide bonds. The van der Waals surface area contributed by atoms with E-state index in [2.05, 4.69) is 10.6 Å². The maximum atomic E-state index is 12.0. The van der Waals surface area contributed by atoms with Crippen molar-refractivity contribution in [3.8, 4) is 5.75 Å². The molecule has 1 atom stereocenters. The smallest absolute Gasteiger partial charge is 0.313 e. The summed E-state index contributed by atoms with van der Waals surface area (Å²) in [6.07, 6.45) is 0. The van der Waals surface area contributed by atoms with Gasteiger partial charge in [0, 0.05) is 23.2 Å². The maximum Gasteiger partial charge on any atom is 0.313 e. The minimum atomic E-state index is -0.702. The normalized spacial score (nSPS) is 11.8. The number of ether oxygens (including phenoxy) is 1. The Morgan fingerprint density at radius 2 is 2.00 bits per heavy atom. The molecule has 2 N–H and O–H groups in total. The number of hydrogen-bond donors (Lipinski definition) is 2. The van der Waals surface area contributed by atoms with Crippen LogP contribution in [0.25, 0.3) is 0 Å². The molecule has 128 valence electrons. The van der Waals surface area contributed by atoms with Crippen LogP contribution in [0.5, 0.6) is 5.75 Å². The van der Waals surface area contributed by atoms with Gasteiger partial charge < -0.3 is 20.3 Å². The summed E-state index contributed by atoms with van der Waals surface area (Å²) in [5, 5.41) is 7.24. The molecule has 2 rings (SSSR count). The summed E-state index contributed by atoms with van der Waals surface area (Å²) in [6.45, 7) is 0.359. The summed E-state index contributed by atoms with van der Waals surface area (Å²) in [5.74, 6) is -0.758. The van der Waals surface area contributed by atoms with E-state index in [1.165, 1.54) is 0 Å². The molecule has 0 saturated carbocycles. The fraction of sp³-hybridized carbons (Fsp3) is 0.294. The van der Waals surface area contributed by atoms with E-state index >= 15 is 0 Å². The number of likely N-dealkylation sites (N-methyl/N-ethyl adjacent to an activating group) is 1. The Kier molecular flexibility index (Phi) is 6.34. The number of thiophene rings is 1. The number of carbonyl (C=O) groups excluding carboxylic acids is 2. The van der Waals surface area contributed by atoms with E-state index in [1.807, 2.05) is 36.5 Å². The van der Waals surface area contributed by atoms with Crippen molar-refractivity contribution in [3.05, 3.63) is 46.7 Å². The van der Waals surface area contributed by atoms with Crippen LogP contribution in [0.2, 0.25) is 0 Å². The Hall–Kier alpha value is -2.38. The van der Waals surface area contributed by atoms with Crippen molar-refractivity contribution >= 4 is 28.8 Å². The predicted octanol–water partition coefficient (Wildman–Crippen LogP) is 2.11. The monoisotopic (exact) mass is 347 g/mol. The van der Waals surface area contributed by atoms with Crippen LogP contribution in [-0.4, -0.2) is 44.5 Å². The van der Waals surface area contributed by atoms with Gasteiger partial charge >= 0.3 is 11.8 Å². The van der Waals surface area contributed by atoms with Crippen LogP contribution in [0.3, 0.4) is 0 Å². The third kappa shape index (κ3) is 4.81. The van der Waals surface area contributed by atoms with Crippen LogP contribution in [0.1, 0.15) is 10.9 Å². The maximum absolute atomic E-state index is 12.0. The Balaban J connectivity index is 1.92. The lowest BCUT2D eigenvalue weighted by Gasteiger charge is -2.23. The molecule has 0 fully saturated rings. The van der Waals surface area contributed by atoms with Crippen molar-refractivity contribution < 1.29 is 14.3 Å². The van der Waals surface area contributed by atoms with Gasteiger partial charge in [-0.15, -0.1) is 11.3 Å². The molecule has 0 saturated heterocycles.